The number of esters is 1. The van der Waals surface area contributed by atoms with Crippen molar-refractivity contribution in [1.82, 2.24) is 10.2 Å². The van der Waals surface area contributed by atoms with Crippen LogP contribution in [0.25, 0.3) is 0 Å². The van der Waals surface area contributed by atoms with Crippen LogP contribution in [-0.4, -0.2) is 49.9 Å². The minimum absolute atomic E-state index is 0.0341. The van der Waals surface area contributed by atoms with E-state index < -0.39 is 18.5 Å². The van der Waals surface area contributed by atoms with Gasteiger partial charge in [0.15, 0.2) is 6.61 Å². The van der Waals surface area contributed by atoms with Gasteiger partial charge in [0, 0.05) is 14.1 Å². The summed E-state index contributed by atoms with van der Waals surface area (Å²) >= 11 is 17.4. The summed E-state index contributed by atoms with van der Waals surface area (Å²) in [6.07, 6.45) is 0. The van der Waals surface area contributed by atoms with Crippen LogP contribution in [0.15, 0.2) is 0 Å². The average Bonchev–Trinajstić information content (AvgIpc) is 2.51. The molecule has 0 aliphatic rings. The van der Waals surface area contributed by atoms with E-state index in [1.54, 1.807) is 14.1 Å². The first-order valence-electron chi connectivity index (χ1n) is 6.14. The molecule has 0 unspecified atom stereocenters. The molecule has 0 spiro atoms. The second-order valence-electron chi connectivity index (χ2n) is 4.50. The Kier molecular flexibility index (Phi) is 6.86. The molecule has 1 aromatic heterocycles. The summed E-state index contributed by atoms with van der Waals surface area (Å²) in [6.45, 7) is -0.820. The first kappa shape index (κ1) is 19.3. The SMILES string of the molecule is CN(C)C(=O)CNC(=O)COC(=O)c1[nH+]c(Cl)c(Cl)c(N)c1Cl. The van der Waals surface area contributed by atoms with Gasteiger partial charge in [-0.1, -0.05) is 23.2 Å². The lowest BCUT2D eigenvalue weighted by molar-refractivity contribution is -0.380. The Hall–Kier alpha value is -1.77. The maximum atomic E-state index is 11.9. The number of likely N-dealkylation sites (N-methyl/N-ethyl adjacent to an activating group) is 1. The molecule has 4 N–H and O–H groups in total. The minimum Gasteiger partial charge on any atom is -0.448 e. The number of hydrogen-bond donors (Lipinski definition) is 2. The van der Waals surface area contributed by atoms with Crippen molar-refractivity contribution in [3.63, 3.8) is 0 Å². The molecule has 0 radical (unpaired) electrons. The Morgan fingerprint density at radius 3 is 2.39 bits per heavy atom. The van der Waals surface area contributed by atoms with Crippen molar-refractivity contribution in [2.75, 3.05) is 33.0 Å². The van der Waals surface area contributed by atoms with Crippen molar-refractivity contribution in [2.45, 2.75) is 0 Å². The third kappa shape index (κ3) is 5.12. The van der Waals surface area contributed by atoms with Crippen LogP contribution < -0.4 is 16.0 Å². The van der Waals surface area contributed by atoms with Gasteiger partial charge in [-0.3, -0.25) is 9.59 Å². The van der Waals surface area contributed by atoms with Crippen LogP contribution >= 0.6 is 34.8 Å². The van der Waals surface area contributed by atoms with Crippen LogP contribution in [-0.2, 0) is 14.3 Å². The standard InChI is InChI=1S/C12H13Cl3N4O4/c1-19(2)6(21)3-17-5(20)4-23-12(22)10-7(13)9(16)8(14)11(15)18-10/h3-4H2,1-2H3,(H2,16,18)(H,17,20)/p+1. The van der Waals surface area contributed by atoms with Crippen LogP contribution in [0.1, 0.15) is 10.5 Å². The van der Waals surface area contributed by atoms with Crippen LogP contribution in [0.4, 0.5) is 5.69 Å². The van der Waals surface area contributed by atoms with Gasteiger partial charge in [0.2, 0.25) is 5.91 Å². The molecule has 0 aliphatic carbocycles. The second-order valence-corrected chi connectivity index (χ2v) is 5.63. The number of amides is 2. The number of nitrogen functional groups attached to an aromatic ring is 1. The van der Waals surface area contributed by atoms with Gasteiger partial charge in [0.05, 0.1) is 12.2 Å². The maximum absolute atomic E-state index is 11.9. The molecule has 0 saturated heterocycles. The van der Waals surface area contributed by atoms with Gasteiger partial charge in [-0.15, -0.1) is 0 Å². The number of nitrogens with two attached hydrogens (primary N) is 1. The van der Waals surface area contributed by atoms with Crippen molar-refractivity contribution in [1.29, 1.82) is 0 Å². The number of anilines is 1. The summed E-state index contributed by atoms with van der Waals surface area (Å²) < 4.78 is 4.76. The zero-order valence-corrected chi connectivity index (χ0v) is 14.5. The quantitative estimate of drug-likeness (QED) is 0.563. The van der Waals surface area contributed by atoms with E-state index in [1.165, 1.54) is 4.90 Å². The van der Waals surface area contributed by atoms with Crippen molar-refractivity contribution in [3.05, 3.63) is 20.9 Å². The van der Waals surface area contributed by atoms with E-state index in [0.717, 1.165) is 0 Å². The lowest BCUT2D eigenvalue weighted by atomic mass is 10.3. The predicted octanol–water partition coefficient (Wildman–Crippen LogP) is 0.404. The van der Waals surface area contributed by atoms with Crippen molar-refractivity contribution >= 4 is 58.3 Å². The molecule has 0 fully saturated rings. The summed E-state index contributed by atoms with van der Waals surface area (Å²) in [5.41, 5.74) is 5.26. The lowest BCUT2D eigenvalue weighted by Crippen LogP contribution is -2.38. The van der Waals surface area contributed by atoms with Gasteiger partial charge < -0.3 is 20.7 Å². The van der Waals surface area contributed by atoms with Gasteiger partial charge in [0.25, 0.3) is 11.1 Å². The summed E-state index contributed by atoms with van der Waals surface area (Å²) in [7, 11) is 3.09. The molecule has 1 heterocycles. The molecule has 0 aromatic carbocycles. The number of ether oxygens (including phenoxy) is 1. The van der Waals surface area contributed by atoms with E-state index >= 15 is 0 Å². The molecule has 126 valence electrons. The molecule has 8 nitrogen and oxygen atoms in total. The number of H-pyrrole nitrogens is 1. The number of carbonyl (C=O) groups excluding carboxylic acids is 3. The number of nitrogens with one attached hydrogen (secondary N) is 2. The minimum atomic E-state index is -0.950. The van der Waals surface area contributed by atoms with Crippen molar-refractivity contribution in [3.8, 4) is 0 Å². The molecule has 11 heteroatoms. The third-order valence-corrected chi connectivity index (χ3v) is 3.76. The van der Waals surface area contributed by atoms with Crippen LogP contribution in [0.5, 0.6) is 0 Å². The topological polar surface area (TPSA) is 116 Å². The number of carbonyl (C=O) groups is 3. The number of aromatic amines is 1. The summed E-state index contributed by atoms with van der Waals surface area (Å²) in [4.78, 5) is 38.4. The fourth-order valence-corrected chi connectivity index (χ4v) is 1.90. The fourth-order valence-electron chi connectivity index (χ4n) is 1.30. The molecule has 0 aliphatic heterocycles. The van der Waals surface area contributed by atoms with Crippen molar-refractivity contribution < 1.29 is 24.1 Å². The van der Waals surface area contributed by atoms with E-state index in [4.69, 9.17) is 45.3 Å². The largest absolute Gasteiger partial charge is 0.448 e. The number of hydrogen-bond acceptors (Lipinski definition) is 5. The van der Waals surface area contributed by atoms with Gasteiger partial charge in [-0.25, -0.2) is 4.79 Å². The fraction of sp³-hybridized carbons (Fsp3) is 0.333. The molecule has 0 bridgehead atoms. The Morgan fingerprint density at radius 1 is 1.22 bits per heavy atom. The third-order valence-electron chi connectivity index (χ3n) is 2.59. The number of aromatic nitrogens is 1. The molecule has 1 rings (SSSR count). The van der Waals surface area contributed by atoms with Crippen LogP contribution in [0, 0.1) is 0 Å². The highest BCUT2D eigenvalue weighted by atomic mass is 35.5. The Balaban J connectivity index is 2.64. The molecule has 1 aromatic rings. The van der Waals surface area contributed by atoms with Gasteiger partial charge in [0.1, 0.15) is 10.0 Å². The van der Waals surface area contributed by atoms with E-state index in [-0.39, 0.29) is 39.0 Å². The molecule has 0 atom stereocenters. The van der Waals surface area contributed by atoms with Crippen molar-refractivity contribution in [2.24, 2.45) is 0 Å². The first-order chi connectivity index (χ1) is 10.6. The lowest BCUT2D eigenvalue weighted by Gasteiger charge is -2.10. The Bertz CT molecular complexity index is 652. The maximum Gasteiger partial charge on any atom is 0.405 e. The number of nitrogens with zero attached hydrogens (tertiary/aromatic N) is 1. The van der Waals surface area contributed by atoms with Gasteiger partial charge in [-0.05, 0) is 11.6 Å². The number of halogens is 3. The predicted molar refractivity (Wildman–Crippen MR) is 84.4 cm³/mol. The van der Waals surface area contributed by atoms with Gasteiger partial charge in [-0.2, -0.15) is 4.98 Å². The van der Waals surface area contributed by atoms with E-state index in [0.29, 0.717) is 0 Å². The van der Waals surface area contributed by atoms with Gasteiger partial charge >= 0.3 is 11.7 Å². The smallest absolute Gasteiger partial charge is 0.405 e. The zero-order chi connectivity index (χ0) is 17.7. The summed E-state index contributed by atoms with van der Waals surface area (Å²) in [5.74, 6) is -1.91. The van der Waals surface area contributed by atoms with Crippen LogP contribution in [0.2, 0.25) is 15.2 Å². The first-order valence-corrected chi connectivity index (χ1v) is 7.27. The van der Waals surface area contributed by atoms with E-state index in [2.05, 4.69) is 10.3 Å². The van der Waals surface area contributed by atoms with Crippen LogP contribution in [0.3, 0.4) is 0 Å². The molecule has 23 heavy (non-hydrogen) atoms. The summed E-state index contributed by atoms with van der Waals surface area (Å²) in [5, 5.41) is 1.99. The molecular weight excluding hydrogens is 371 g/mol. The highest BCUT2D eigenvalue weighted by Gasteiger charge is 2.27. The number of rotatable bonds is 5. The van der Waals surface area contributed by atoms with E-state index in [1.807, 2.05) is 0 Å². The monoisotopic (exact) mass is 383 g/mol. The molecule has 0 saturated carbocycles. The zero-order valence-electron chi connectivity index (χ0n) is 12.2. The van der Waals surface area contributed by atoms with E-state index in [9.17, 15) is 14.4 Å². The summed E-state index contributed by atoms with van der Waals surface area (Å²) in [6, 6.07) is 0. The Morgan fingerprint density at radius 2 is 1.83 bits per heavy atom. The highest BCUT2D eigenvalue weighted by Crippen LogP contribution is 2.32. The normalized spacial score (nSPS) is 10.1. The number of pyridine rings is 1. The highest BCUT2D eigenvalue weighted by molar-refractivity contribution is 6.45. The second kappa shape index (κ2) is 8.19. The Labute approximate surface area is 146 Å². The average molecular weight is 385 g/mol. The molecule has 2 amide bonds. The molecular formula is C12H14Cl3N4O4+.